The van der Waals surface area contributed by atoms with Crippen molar-refractivity contribution in [1.29, 1.82) is 0 Å². The van der Waals surface area contributed by atoms with E-state index in [1.807, 2.05) is 5.38 Å². The van der Waals surface area contributed by atoms with Crippen LogP contribution in [0.1, 0.15) is 36.1 Å². The van der Waals surface area contributed by atoms with Gasteiger partial charge in [0.2, 0.25) is 0 Å². The van der Waals surface area contributed by atoms with E-state index in [1.165, 1.54) is 28.4 Å². The molecule has 1 aromatic carbocycles. The maximum absolute atomic E-state index is 14.0. The molecule has 12 heteroatoms. The minimum Gasteiger partial charge on any atom is -0.475 e. The molecular formula is C22H23F5N2O4S. The van der Waals surface area contributed by atoms with Crippen molar-refractivity contribution in [1.82, 2.24) is 5.32 Å². The second kappa shape index (κ2) is 10.7. The number of fused-ring (bicyclic) bond motifs is 2. The first-order valence-electron chi connectivity index (χ1n) is 10.5. The third-order valence-corrected chi connectivity index (χ3v) is 6.79. The summed E-state index contributed by atoms with van der Waals surface area (Å²) in [4.78, 5) is 23.0. The molecule has 4 rings (SSSR count). The van der Waals surface area contributed by atoms with Crippen molar-refractivity contribution in [3.8, 4) is 0 Å². The molecule has 2 saturated heterocycles. The van der Waals surface area contributed by atoms with Gasteiger partial charge in [-0.05, 0) is 54.7 Å². The van der Waals surface area contributed by atoms with Crippen molar-refractivity contribution >= 4 is 29.1 Å². The minimum atomic E-state index is -5.08. The van der Waals surface area contributed by atoms with E-state index in [1.54, 1.807) is 6.07 Å². The Balaban J connectivity index is 0.000000406. The van der Waals surface area contributed by atoms with Crippen LogP contribution in [0.2, 0.25) is 0 Å². The van der Waals surface area contributed by atoms with Gasteiger partial charge >= 0.3 is 18.2 Å². The fraction of sp³-hybridized carbons (Fsp3) is 0.455. The largest absolute Gasteiger partial charge is 0.490 e. The number of piperidine rings is 1. The normalized spacial score (nSPS) is 21.5. The Morgan fingerprint density at radius 1 is 1.09 bits per heavy atom. The number of nitrogens with one attached hydrogen (secondary N) is 1. The van der Waals surface area contributed by atoms with Crippen LogP contribution >= 0.6 is 11.3 Å². The van der Waals surface area contributed by atoms with Crippen molar-refractivity contribution in [2.24, 2.45) is 5.92 Å². The Morgan fingerprint density at radius 2 is 1.71 bits per heavy atom. The van der Waals surface area contributed by atoms with Crippen molar-refractivity contribution < 1.29 is 41.8 Å². The topological polar surface area (TPSA) is 89.9 Å². The van der Waals surface area contributed by atoms with Crippen LogP contribution in [0, 0.1) is 17.6 Å². The van der Waals surface area contributed by atoms with Crippen molar-refractivity contribution in [2.45, 2.75) is 50.4 Å². The molecule has 2 atom stereocenters. The van der Waals surface area contributed by atoms with E-state index < -0.39 is 29.9 Å². The number of anilines is 1. The van der Waals surface area contributed by atoms with Crippen molar-refractivity contribution in [3.63, 3.8) is 0 Å². The zero-order valence-corrected chi connectivity index (χ0v) is 18.6. The van der Waals surface area contributed by atoms with E-state index in [-0.39, 0.29) is 12.0 Å². The molecule has 2 unspecified atom stereocenters. The van der Waals surface area contributed by atoms with Crippen molar-refractivity contribution in [3.05, 3.63) is 51.7 Å². The number of hydrogen-bond donors (Lipinski definition) is 3. The van der Waals surface area contributed by atoms with E-state index in [4.69, 9.17) is 9.90 Å². The molecule has 2 aliphatic rings. The summed E-state index contributed by atoms with van der Waals surface area (Å²) in [5.41, 5.74) is 0.825. The van der Waals surface area contributed by atoms with Crippen LogP contribution in [0.15, 0.2) is 29.6 Å². The summed E-state index contributed by atoms with van der Waals surface area (Å²) in [7, 11) is 0. The van der Waals surface area contributed by atoms with Crippen LogP contribution in [0.4, 0.5) is 32.4 Å². The summed E-state index contributed by atoms with van der Waals surface area (Å²) >= 11 is 1.37. The monoisotopic (exact) mass is 506 g/mol. The molecule has 0 radical (unpaired) electrons. The SMILES string of the molecule is O=C(O)C(F)(F)F.O=C(O)N(CC1CC2CCC(C1)N2)c1ccsc1Cc1cccc(F)c1F. The number of thiophene rings is 1. The standard InChI is InChI=1S/C20H22F2N2O2S.C2HF3O2/c21-16-3-1-2-13(19(16)22)10-18-17(6-7-27-18)24(20(25)26)11-12-8-14-4-5-15(9-12)23-14;3-2(4,5)1(6)7/h1-3,6-7,12,14-15,23H,4-5,8-11H2,(H,25,26);(H,6,7). The van der Waals surface area contributed by atoms with E-state index in [9.17, 15) is 31.9 Å². The average molecular weight is 506 g/mol. The molecule has 2 bridgehead atoms. The fourth-order valence-corrected chi connectivity index (χ4v) is 5.33. The first-order valence-corrected chi connectivity index (χ1v) is 11.4. The molecule has 1 amide bonds. The van der Waals surface area contributed by atoms with E-state index in [0.29, 0.717) is 30.2 Å². The lowest BCUT2D eigenvalue weighted by molar-refractivity contribution is -0.192. The first-order chi connectivity index (χ1) is 16.0. The van der Waals surface area contributed by atoms with Crippen LogP contribution in [-0.4, -0.2) is 47.1 Å². The number of aliphatic carboxylic acids is 1. The number of carbonyl (C=O) groups is 2. The Bertz CT molecular complexity index is 1020. The van der Waals surface area contributed by atoms with Crippen LogP contribution in [-0.2, 0) is 11.2 Å². The van der Waals surface area contributed by atoms with Crippen LogP contribution in [0.5, 0.6) is 0 Å². The summed E-state index contributed by atoms with van der Waals surface area (Å²) in [6, 6.07) is 6.85. The molecule has 3 N–H and O–H groups in total. The van der Waals surface area contributed by atoms with E-state index in [2.05, 4.69) is 5.32 Å². The lowest BCUT2D eigenvalue weighted by Crippen LogP contribution is -2.43. The number of benzene rings is 1. The molecule has 2 aliphatic heterocycles. The van der Waals surface area contributed by atoms with Crippen LogP contribution in [0.25, 0.3) is 0 Å². The lowest BCUT2D eigenvalue weighted by atomic mass is 9.92. The second-order valence-electron chi connectivity index (χ2n) is 8.29. The van der Waals surface area contributed by atoms with Gasteiger partial charge in [-0.3, -0.25) is 4.90 Å². The Hall–Kier alpha value is -2.73. The van der Waals surface area contributed by atoms with Gasteiger partial charge in [0.25, 0.3) is 0 Å². The first kappa shape index (κ1) is 25.9. The minimum absolute atomic E-state index is 0.178. The number of rotatable bonds is 5. The van der Waals surface area contributed by atoms with Gasteiger partial charge in [-0.1, -0.05) is 12.1 Å². The summed E-state index contributed by atoms with van der Waals surface area (Å²) in [6.07, 6.45) is -1.61. The maximum Gasteiger partial charge on any atom is 0.490 e. The van der Waals surface area contributed by atoms with Gasteiger partial charge in [0, 0.05) is 29.9 Å². The number of carboxylic acids is 1. The highest BCUT2D eigenvalue weighted by molar-refractivity contribution is 7.10. The molecule has 2 fully saturated rings. The summed E-state index contributed by atoms with van der Waals surface area (Å²) in [5.74, 6) is -4.19. The molecule has 6 nitrogen and oxygen atoms in total. The van der Waals surface area contributed by atoms with E-state index >= 15 is 0 Å². The molecule has 1 aromatic heterocycles. The number of nitrogens with zero attached hydrogens (tertiary/aromatic N) is 1. The highest BCUT2D eigenvalue weighted by Gasteiger charge is 2.38. The van der Waals surface area contributed by atoms with Gasteiger partial charge in [-0.25, -0.2) is 18.4 Å². The Labute approximate surface area is 196 Å². The fourth-order valence-electron chi connectivity index (χ4n) is 4.43. The zero-order chi connectivity index (χ0) is 25.0. The second-order valence-corrected chi connectivity index (χ2v) is 9.29. The number of alkyl halides is 3. The van der Waals surface area contributed by atoms with Gasteiger partial charge in [-0.2, -0.15) is 13.2 Å². The lowest BCUT2D eigenvalue weighted by Gasteiger charge is -2.32. The van der Waals surface area contributed by atoms with Crippen LogP contribution in [0.3, 0.4) is 0 Å². The molecule has 2 aromatic rings. The predicted octanol–water partition coefficient (Wildman–Crippen LogP) is 5.27. The quantitative estimate of drug-likeness (QED) is 0.481. The number of halogens is 5. The molecule has 3 heterocycles. The zero-order valence-electron chi connectivity index (χ0n) is 17.8. The highest BCUT2D eigenvalue weighted by Crippen LogP contribution is 2.35. The van der Waals surface area contributed by atoms with Gasteiger partial charge in [0.15, 0.2) is 11.6 Å². The van der Waals surface area contributed by atoms with Gasteiger partial charge in [0.1, 0.15) is 0 Å². The third kappa shape index (κ3) is 6.44. The van der Waals surface area contributed by atoms with Gasteiger partial charge in [0.05, 0.1) is 5.69 Å². The van der Waals surface area contributed by atoms with Crippen molar-refractivity contribution in [2.75, 3.05) is 11.4 Å². The summed E-state index contributed by atoms with van der Waals surface area (Å²) in [5, 5.41) is 22.3. The van der Waals surface area contributed by atoms with Gasteiger partial charge < -0.3 is 15.5 Å². The molecule has 34 heavy (non-hydrogen) atoms. The molecule has 0 spiro atoms. The molecule has 186 valence electrons. The molecule has 0 saturated carbocycles. The van der Waals surface area contributed by atoms with Crippen LogP contribution < -0.4 is 10.2 Å². The third-order valence-electron chi connectivity index (χ3n) is 5.88. The summed E-state index contributed by atoms with van der Waals surface area (Å²) in [6.45, 7) is 0.444. The highest BCUT2D eigenvalue weighted by atomic mass is 32.1. The summed E-state index contributed by atoms with van der Waals surface area (Å²) < 4.78 is 59.3. The smallest absolute Gasteiger partial charge is 0.475 e. The maximum atomic E-state index is 14.0. The Kier molecular flexibility index (Phi) is 8.13. The number of hydrogen-bond acceptors (Lipinski definition) is 4. The predicted molar refractivity (Wildman–Crippen MR) is 115 cm³/mol. The average Bonchev–Trinajstić information content (AvgIpc) is 3.34. The number of amides is 1. The number of carboxylic acid groups (broad SMARTS) is 2. The Morgan fingerprint density at radius 3 is 2.26 bits per heavy atom. The molecular weight excluding hydrogens is 483 g/mol. The van der Waals surface area contributed by atoms with Gasteiger partial charge in [-0.15, -0.1) is 11.3 Å². The molecule has 0 aliphatic carbocycles. The van der Waals surface area contributed by atoms with E-state index in [0.717, 1.165) is 36.6 Å².